The van der Waals surface area contributed by atoms with E-state index < -0.39 is 0 Å². The van der Waals surface area contributed by atoms with Gasteiger partial charge < -0.3 is 9.64 Å². The van der Waals surface area contributed by atoms with Gasteiger partial charge >= 0.3 is 0 Å². The van der Waals surface area contributed by atoms with Gasteiger partial charge in [-0.1, -0.05) is 12.1 Å². The second-order valence-corrected chi connectivity index (χ2v) is 6.30. The Labute approximate surface area is 130 Å². The molecule has 0 spiro atoms. The second-order valence-electron chi connectivity index (χ2n) is 6.30. The average molecular weight is 295 g/mol. The maximum atomic E-state index is 12.3. The van der Waals surface area contributed by atoms with Crippen LogP contribution in [0.1, 0.15) is 34.8 Å². The van der Waals surface area contributed by atoms with E-state index in [1.165, 1.54) is 28.6 Å². The summed E-state index contributed by atoms with van der Waals surface area (Å²) >= 11 is 0. The molecule has 0 bridgehead atoms. The lowest BCUT2D eigenvalue weighted by molar-refractivity contribution is 0.101. The number of carbonyl (C=O) groups excluding carboxylic acids is 1. The number of anilines is 1. The number of aryl methyl sites for hydroxylation is 1. The van der Waals surface area contributed by atoms with Crippen LogP contribution < -0.4 is 4.90 Å². The Hall–Kier alpha value is -1.87. The predicted molar refractivity (Wildman–Crippen MR) is 89.0 cm³/mol. The zero-order chi connectivity index (χ0) is 15.1. The Balaban J connectivity index is 1.89. The van der Waals surface area contributed by atoms with Gasteiger partial charge in [-0.2, -0.15) is 0 Å². The summed E-state index contributed by atoms with van der Waals surface area (Å²) in [6.07, 6.45) is 3.32. The summed E-state index contributed by atoms with van der Waals surface area (Å²) in [5.74, 6) is 0.197. The minimum absolute atomic E-state index is 0.197. The monoisotopic (exact) mass is 295 g/mol. The molecule has 3 nitrogen and oxygen atoms in total. The third-order valence-corrected chi connectivity index (χ3v) is 4.93. The van der Waals surface area contributed by atoms with Crippen molar-refractivity contribution in [3.63, 3.8) is 0 Å². The lowest BCUT2D eigenvalue weighted by Crippen LogP contribution is -2.36. The van der Waals surface area contributed by atoms with Gasteiger partial charge in [0.15, 0.2) is 5.78 Å². The summed E-state index contributed by atoms with van der Waals surface area (Å²) in [7, 11) is 0. The molecule has 1 fully saturated rings. The van der Waals surface area contributed by atoms with E-state index >= 15 is 0 Å². The van der Waals surface area contributed by atoms with Gasteiger partial charge in [0.05, 0.1) is 13.2 Å². The first-order valence-corrected chi connectivity index (χ1v) is 8.16. The lowest BCUT2D eigenvalue weighted by Gasteiger charge is -2.29. The molecule has 1 aliphatic heterocycles. The van der Waals surface area contributed by atoms with Crippen LogP contribution in [0.3, 0.4) is 0 Å². The summed E-state index contributed by atoms with van der Waals surface area (Å²) in [6, 6.07) is 8.84. The highest BCUT2D eigenvalue weighted by molar-refractivity contribution is 6.09. The normalized spacial score (nSPS) is 17.8. The molecule has 22 heavy (non-hydrogen) atoms. The Morgan fingerprint density at radius 1 is 1.14 bits per heavy atom. The highest BCUT2D eigenvalue weighted by atomic mass is 16.5. The van der Waals surface area contributed by atoms with Crippen LogP contribution in [0.25, 0.3) is 10.8 Å². The fourth-order valence-electron chi connectivity index (χ4n) is 3.87. The number of nitrogens with zero attached hydrogens (tertiary/aromatic N) is 1. The van der Waals surface area contributed by atoms with Crippen molar-refractivity contribution in [1.82, 2.24) is 0 Å². The van der Waals surface area contributed by atoms with Crippen LogP contribution in [0.4, 0.5) is 5.69 Å². The Morgan fingerprint density at radius 3 is 2.73 bits per heavy atom. The van der Waals surface area contributed by atoms with Gasteiger partial charge in [-0.15, -0.1) is 0 Å². The minimum Gasteiger partial charge on any atom is -0.378 e. The third kappa shape index (κ3) is 2.20. The Bertz CT molecular complexity index is 745. The number of rotatable bonds is 2. The number of carbonyl (C=O) groups is 1. The van der Waals surface area contributed by atoms with Gasteiger partial charge in [0.2, 0.25) is 0 Å². The molecule has 0 unspecified atom stereocenters. The SMILES string of the molecule is CC(=O)c1c2c(cc3ccc(N4CCOCC4)cc13)CCC2. The zero-order valence-electron chi connectivity index (χ0n) is 13.0. The minimum atomic E-state index is 0.197. The summed E-state index contributed by atoms with van der Waals surface area (Å²) in [5.41, 5.74) is 4.83. The molecule has 0 saturated carbocycles. The van der Waals surface area contributed by atoms with Gasteiger partial charge in [0, 0.05) is 24.3 Å². The first-order valence-electron chi connectivity index (χ1n) is 8.16. The average Bonchev–Trinajstić information content (AvgIpc) is 3.00. The van der Waals surface area contributed by atoms with Gasteiger partial charge in [-0.05, 0) is 60.2 Å². The molecule has 1 saturated heterocycles. The van der Waals surface area contributed by atoms with E-state index in [1.54, 1.807) is 6.92 Å². The van der Waals surface area contributed by atoms with E-state index in [0.29, 0.717) is 0 Å². The molecule has 3 heteroatoms. The van der Waals surface area contributed by atoms with Gasteiger partial charge in [0.1, 0.15) is 0 Å². The van der Waals surface area contributed by atoms with E-state index in [2.05, 4.69) is 29.2 Å². The molecule has 1 heterocycles. The molecular formula is C19H21NO2. The van der Waals surface area contributed by atoms with Crippen LogP contribution in [0, 0.1) is 0 Å². The van der Waals surface area contributed by atoms with Crippen molar-refractivity contribution in [2.75, 3.05) is 31.2 Å². The van der Waals surface area contributed by atoms with Crippen LogP contribution in [-0.4, -0.2) is 32.1 Å². The first kappa shape index (κ1) is 13.8. The van der Waals surface area contributed by atoms with Crippen LogP contribution in [0.2, 0.25) is 0 Å². The molecule has 2 aromatic carbocycles. The smallest absolute Gasteiger partial charge is 0.160 e. The fourth-order valence-corrected chi connectivity index (χ4v) is 3.87. The van der Waals surface area contributed by atoms with Crippen LogP contribution in [-0.2, 0) is 17.6 Å². The summed E-state index contributed by atoms with van der Waals surface area (Å²) in [6.45, 7) is 5.11. The summed E-state index contributed by atoms with van der Waals surface area (Å²) in [4.78, 5) is 14.6. The molecule has 1 aliphatic carbocycles. The van der Waals surface area contributed by atoms with Crippen molar-refractivity contribution in [3.05, 3.63) is 41.0 Å². The second kappa shape index (κ2) is 5.40. The summed E-state index contributed by atoms with van der Waals surface area (Å²) < 4.78 is 5.44. The van der Waals surface area contributed by atoms with E-state index in [0.717, 1.165) is 50.1 Å². The molecule has 0 N–H and O–H groups in total. The molecule has 0 atom stereocenters. The van der Waals surface area contributed by atoms with E-state index in [4.69, 9.17) is 4.74 Å². The number of ether oxygens (including phenoxy) is 1. The molecule has 0 aromatic heterocycles. The number of hydrogen-bond donors (Lipinski definition) is 0. The fraction of sp³-hybridized carbons (Fsp3) is 0.421. The zero-order valence-corrected chi connectivity index (χ0v) is 13.0. The quantitative estimate of drug-likeness (QED) is 0.796. The van der Waals surface area contributed by atoms with Crippen LogP contribution in [0.5, 0.6) is 0 Å². The van der Waals surface area contributed by atoms with Gasteiger partial charge in [-0.3, -0.25) is 4.79 Å². The van der Waals surface area contributed by atoms with E-state index in [1.807, 2.05) is 0 Å². The highest BCUT2D eigenvalue weighted by Crippen LogP contribution is 2.34. The van der Waals surface area contributed by atoms with E-state index in [-0.39, 0.29) is 5.78 Å². The van der Waals surface area contributed by atoms with Crippen LogP contribution >= 0.6 is 0 Å². The number of fused-ring (bicyclic) bond motifs is 2. The van der Waals surface area contributed by atoms with Crippen molar-refractivity contribution < 1.29 is 9.53 Å². The van der Waals surface area contributed by atoms with Gasteiger partial charge in [0.25, 0.3) is 0 Å². The highest BCUT2D eigenvalue weighted by Gasteiger charge is 2.21. The molecule has 114 valence electrons. The molecule has 0 amide bonds. The number of ketones is 1. The molecule has 2 aromatic rings. The van der Waals surface area contributed by atoms with Crippen molar-refractivity contribution in [2.24, 2.45) is 0 Å². The Morgan fingerprint density at radius 2 is 1.95 bits per heavy atom. The molecule has 2 aliphatic rings. The Kier molecular flexibility index (Phi) is 3.38. The summed E-state index contributed by atoms with van der Waals surface area (Å²) in [5, 5.41) is 2.32. The largest absolute Gasteiger partial charge is 0.378 e. The van der Waals surface area contributed by atoms with Crippen LogP contribution in [0.15, 0.2) is 24.3 Å². The molecular weight excluding hydrogens is 274 g/mol. The van der Waals surface area contributed by atoms with Crippen molar-refractivity contribution in [2.45, 2.75) is 26.2 Å². The first-order chi connectivity index (χ1) is 10.7. The predicted octanol–water partition coefficient (Wildman–Crippen LogP) is 3.37. The van der Waals surface area contributed by atoms with Crippen molar-refractivity contribution in [3.8, 4) is 0 Å². The topological polar surface area (TPSA) is 29.5 Å². The maximum absolute atomic E-state index is 12.3. The lowest BCUT2D eigenvalue weighted by atomic mass is 9.93. The molecule has 4 rings (SSSR count). The maximum Gasteiger partial charge on any atom is 0.160 e. The van der Waals surface area contributed by atoms with Crippen molar-refractivity contribution in [1.29, 1.82) is 0 Å². The number of hydrogen-bond acceptors (Lipinski definition) is 3. The number of morpholine rings is 1. The third-order valence-electron chi connectivity index (χ3n) is 4.93. The van der Waals surface area contributed by atoms with E-state index in [9.17, 15) is 4.79 Å². The van der Waals surface area contributed by atoms with Gasteiger partial charge in [-0.25, -0.2) is 0 Å². The number of Topliss-reactive ketones (excluding diaryl/α,β-unsaturated/α-hetero) is 1. The number of benzene rings is 2. The molecule has 0 radical (unpaired) electrons. The standard InChI is InChI=1S/C19H21NO2/c1-13(21)19-17-4-2-3-14(17)11-15-5-6-16(12-18(15)19)20-7-9-22-10-8-20/h5-6,11-12H,2-4,7-10H2,1H3. The van der Waals surface area contributed by atoms with Crippen molar-refractivity contribution >= 4 is 22.2 Å².